The van der Waals surface area contributed by atoms with Gasteiger partial charge in [0.2, 0.25) is 0 Å². The standard InChI is InChI=1S/C12H16ClNO2/c1-9(15)7-14(2)8-12(16)10-5-3-4-6-11(10)13/h3-6,9,15H,7-8H2,1-2H3. The van der Waals surface area contributed by atoms with E-state index >= 15 is 0 Å². The third kappa shape index (κ3) is 3.93. The molecule has 0 amide bonds. The van der Waals surface area contributed by atoms with Crippen molar-refractivity contribution in [2.24, 2.45) is 0 Å². The number of likely N-dealkylation sites (N-methyl/N-ethyl adjacent to an activating group) is 1. The lowest BCUT2D eigenvalue weighted by Crippen LogP contribution is -2.32. The summed E-state index contributed by atoms with van der Waals surface area (Å²) in [5, 5.41) is 9.65. The van der Waals surface area contributed by atoms with Crippen LogP contribution in [-0.2, 0) is 0 Å². The third-order valence-corrected chi connectivity index (χ3v) is 2.49. The number of rotatable bonds is 5. The number of Topliss-reactive ketones (excluding diaryl/α,β-unsaturated/α-hetero) is 1. The molecule has 3 nitrogen and oxygen atoms in total. The minimum Gasteiger partial charge on any atom is -0.392 e. The average Bonchev–Trinajstić information content (AvgIpc) is 2.16. The Labute approximate surface area is 101 Å². The molecule has 0 aliphatic heterocycles. The van der Waals surface area contributed by atoms with E-state index in [2.05, 4.69) is 0 Å². The molecule has 0 saturated heterocycles. The van der Waals surface area contributed by atoms with Gasteiger partial charge in [-0.3, -0.25) is 9.69 Å². The van der Waals surface area contributed by atoms with E-state index in [4.69, 9.17) is 11.6 Å². The zero-order valence-electron chi connectivity index (χ0n) is 9.48. The second kappa shape index (κ2) is 5.99. The fourth-order valence-corrected chi connectivity index (χ4v) is 1.77. The Balaban J connectivity index is 2.63. The fraction of sp³-hybridized carbons (Fsp3) is 0.417. The topological polar surface area (TPSA) is 40.5 Å². The number of carbonyl (C=O) groups is 1. The molecule has 1 atom stereocenters. The number of nitrogens with zero attached hydrogens (tertiary/aromatic N) is 1. The average molecular weight is 242 g/mol. The summed E-state index contributed by atoms with van der Waals surface area (Å²) < 4.78 is 0. The van der Waals surface area contributed by atoms with E-state index < -0.39 is 6.10 Å². The highest BCUT2D eigenvalue weighted by molar-refractivity contribution is 6.34. The molecule has 1 rings (SSSR count). The molecule has 0 aliphatic carbocycles. The van der Waals surface area contributed by atoms with Gasteiger partial charge in [-0.05, 0) is 26.1 Å². The van der Waals surface area contributed by atoms with Crippen LogP contribution in [0.3, 0.4) is 0 Å². The number of halogens is 1. The highest BCUT2D eigenvalue weighted by atomic mass is 35.5. The summed E-state index contributed by atoms with van der Waals surface area (Å²) in [4.78, 5) is 13.6. The first-order valence-electron chi connectivity index (χ1n) is 5.15. The largest absolute Gasteiger partial charge is 0.392 e. The predicted molar refractivity (Wildman–Crippen MR) is 65.0 cm³/mol. The number of aliphatic hydroxyl groups excluding tert-OH is 1. The van der Waals surface area contributed by atoms with E-state index in [1.807, 2.05) is 0 Å². The van der Waals surface area contributed by atoms with Gasteiger partial charge < -0.3 is 5.11 Å². The van der Waals surface area contributed by atoms with Crippen LogP contribution in [0.2, 0.25) is 5.02 Å². The van der Waals surface area contributed by atoms with Crippen LogP contribution in [0, 0.1) is 0 Å². The highest BCUT2D eigenvalue weighted by Crippen LogP contribution is 2.15. The second-order valence-corrected chi connectivity index (χ2v) is 4.36. The number of hydrogen-bond donors (Lipinski definition) is 1. The van der Waals surface area contributed by atoms with Gasteiger partial charge in [-0.15, -0.1) is 0 Å². The van der Waals surface area contributed by atoms with E-state index in [0.717, 1.165) is 0 Å². The quantitative estimate of drug-likeness (QED) is 0.800. The molecule has 88 valence electrons. The van der Waals surface area contributed by atoms with Crippen LogP contribution in [0.5, 0.6) is 0 Å². The van der Waals surface area contributed by atoms with Crippen molar-refractivity contribution >= 4 is 17.4 Å². The Morgan fingerprint density at radius 3 is 2.69 bits per heavy atom. The number of aliphatic hydroxyl groups is 1. The smallest absolute Gasteiger partial charge is 0.178 e. The van der Waals surface area contributed by atoms with Gasteiger partial charge >= 0.3 is 0 Å². The minimum absolute atomic E-state index is 0.0336. The van der Waals surface area contributed by atoms with Crippen LogP contribution in [0.15, 0.2) is 24.3 Å². The SMILES string of the molecule is CC(O)CN(C)CC(=O)c1ccccc1Cl. The summed E-state index contributed by atoms with van der Waals surface area (Å²) in [6.45, 7) is 2.42. The normalized spacial score (nSPS) is 12.8. The van der Waals surface area contributed by atoms with E-state index in [0.29, 0.717) is 17.1 Å². The molecule has 0 radical (unpaired) electrons. The van der Waals surface area contributed by atoms with Crippen LogP contribution < -0.4 is 0 Å². The Morgan fingerprint density at radius 2 is 2.12 bits per heavy atom. The molecule has 0 fully saturated rings. The van der Waals surface area contributed by atoms with Gasteiger partial charge in [-0.2, -0.15) is 0 Å². The molecule has 1 N–H and O–H groups in total. The Kier molecular flexibility index (Phi) is 4.93. The van der Waals surface area contributed by atoms with E-state index in [1.54, 1.807) is 43.1 Å². The van der Waals surface area contributed by atoms with E-state index in [-0.39, 0.29) is 12.3 Å². The highest BCUT2D eigenvalue weighted by Gasteiger charge is 2.13. The molecule has 0 saturated carbocycles. The minimum atomic E-state index is -0.441. The third-order valence-electron chi connectivity index (χ3n) is 2.16. The summed E-state index contributed by atoms with van der Waals surface area (Å²) in [5.41, 5.74) is 0.529. The van der Waals surface area contributed by atoms with E-state index in [9.17, 15) is 9.90 Å². The summed E-state index contributed by atoms with van der Waals surface area (Å²) in [5.74, 6) is -0.0336. The lowest BCUT2D eigenvalue weighted by molar-refractivity contribution is 0.0901. The predicted octanol–water partition coefficient (Wildman–Crippen LogP) is 1.84. The van der Waals surface area contributed by atoms with Gasteiger partial charge in [0.25, 0.3) is 0 Å². The van der Waals surface area contributed by atoms with Crippen molar-refractivity contribution in [3.05, 3.63) is 34.9 Å². The first kappa shape index (κ1) is 13.2. The van der Waals surface area contributed by atoms with Gasteiger partial charge in [0.15, 0.2) is 5.78 Å². The van der Waals surface area contributed by atoms with Crippen molar-refractivity contribution in [3.8, 4) is 0 Å². The maximum Gasteiger partial charge on any atom is 0.178 e. The van der Waals surface area contributed by atoms with Crippen molar-refractivity contribution in [3.63, 3.8) is 0 Å². The zero-order chi connectivity index (χ0) is 12.1. The van der Waals surface area contributed by atoms with Crippen molar-refractivity contribution < 1.29 is 9.90 Å². The van der Waals surface area contributed by atoms with Gasteiger partial charge in [0.05, 0.1) is 17.7 Å². The Morgan fingerprint density at radius 1 is 1.50 bits per heavy atom. The van der Waals surface area contributed by atoms with Crippen LogP contribution >= 0.6 is 11.6 Å². The molecule has 0 bridgehead atoms. The number of benzene rings is 1. The molecular weight excluding hydrogens is 226 g/mol. The summed E-state index contributed by atoms with van der Waals surface area (Å²) in [6.07, 6.45) is -0.441. The van der Waals surface area contributed by atoms with Gasteiger partial charge in [0, 0.05) is 12.1 Å². The number of hydrogen-bond acceptors (Lipinski definition) is 3. The summed E-state index contributed by atoms with van der Waals surface area (Å²) in [7, 11) is 1.79. The molecule has 0 aliphatic rings. The molecule has 4 heteroatoms. The van der Waals surface area contributed by atoms with Crippen molar-refractivity contribution in [1.29, 1.82) is 0 Å². The maximum atomic E-state index is 11.8. The molecule has 16 heavy (non-hydrogen) atoms. The Hall–Kier alpha value is -0.900. The molecule has 1 aromatic rings. The van der Waals surface area contributed by atoms with Crippen molar-refractivity contribution in [1.82, 2.24) is 4.90 Å². The molecule has 0 heterocycles. The summed E-state index contributed by atoms with van der Waals surface area (Å²) >= 11 is 5.92. The maximum absolute atomic E-state index is 11.8. The van der Waals surface area contributed by atoms with Crippen molar-refractivity contribution in [2.45, 2.75) is 13.0 Å². The first-order chi connectivity index (χ1) is 7.50. The second-order valence-electron chi connectivity index (χ2n) is 3.95. The molecule has 1 aromatic carbocycles. The van der Waals surface area contributed by atoms with Gasteiger partial charge in [-0.1, -0.05) is 23.7 Å². The summed E-state index contributed by atoms with van der Waals surface area (Å²) in [6, 6.07) is 6.98. The molecular formula is C12H16ClNO2. The Bertz CT molecular complexity index is 366. The lowest BCUT2D eigenvalue weighted by Gasteiger charge is -2.17. The van der Waals surface area contributed by atoms with Crippen LogP contribution in [0.25, 0.3) is 0 Å². The van der Waals surface area contributed by atoms with Crippen molar-refractivity contribution in [2.75, 3.05) is 20.1 Å². The number of carbonyl (C=O) groups excluding carboxylic acids is 1. The molecule has 0 aromatic heterocycles. The molecule has 0 spiro atoms. The zero-order valence-corrected chi connectivity index (χ0v) is 10.2. The van der Waals surface area contributed by atoms with Crippen LogP contribution in [0.4, 0.5) is 0 Å². The lowest BCUT2D eigenvalue weighted by atomic mass is 10.1. The fourth-order valence-electron chi connectivity index (χ4n) is 1.53. The van der Waals surface area contributed by atoms with Crippen LogP contribution in [0.1, 0.15) is 17.3 Å². The van der Waals surface area contributed by atoms with Gasteiger partial charge in [0.1, 0.15) is 0 Å². The van der Waals surface area contributed by atoms with Crippen LogP contribution in [-0.4, -0.2) is 42.0 Å². The first-order valence-corrected chi connectivity index (χ1v) is 5.53. The number of ketones is 1. The van der Waals surface area contributed by atoms with Gasteiger partial charge in [-0.25, -0.2) is 0 Å². The van der Waals surface area contributed by atoms with E-state index in [1.165, 1.54) is 0 Å². The monoisotopic (exact) mass is 241 g/mol. The molecule has 1 unspecified atom stereocenters.